The summed E-state index contributed by atoms with van der Waals surface area (Å²) in [5.74, 6) is 1.28. The van der Waals surface area contributed by atoms with Crippen LogP contribution in [-0.4, -0.2) is 64.8 Å². The van der Waals surface area contributed by atoms with Crippen LogP contribution in [-0.2, 0) is 0 Å². The molecule has 0 radical (unpaired) electrons. The van der Waals surface area contributed by atoms with Crippen molar-refractivity contribution < 1.29 is 14.6 Å². The van der Waals surface area contributed by atoms with Gasteiger partial charge in [0.25, 0.3) is 0 Å². The molecule has 1 unspecified atom stereocenters. The highest BCUT2D eigenvalue weighted by Crippen LogP contribution is 2.28. The van der Waals surface area contributed by atoms with Gasteiger partial charge in [-0.1, -0.05) is 24.3 Å². The number of piperazine rings is 1. The fourth-order valence-corrected chi connectivity index (χ4v) is 3.71. The topological polar surface area (TPSA) is 90.8 Å². The van der Waals surface area contributed by atoms with E-state index in [0.29, 0.717) is 19.0 Å². The number of benzene rings is 2. The Hall–Kier alpha value is -3.65. The maximum absolute atomic E-state index is 11.7. The first-order valence-electron chi connectivity index (χ1n) is 10.0. The number of nitrogens with zero attached hydrogens (tertiary/aromatic N) is 4. The Bertz CT molecular complexity index is 1040. The lowest BCUT2D eigenvalue weighted by Gasteiger charge is -2.38. The zero-order valence-corrected chi connectivity index (χ0v) is 17.5. The van der Waals surface area contributed by atoms with Gasteiger partial charge < -0.3 is 20.1 Å². The molecule has 2 heterocycles. The summed E-state index contributed by atoms with van der Waals surface area (Å²) >= 11 is 0. The fourth-order valence-electron chi connectivity index (χ4n) is 3.71. The molecule has 1 aliphatic rings. The minimum absolute atomic E-state index is 0.212. The molecular weight excluding hydrogens is 394 g/mol. The number of rotatable bonds is 5. The van der Waals surface area contributed by atoms with Crippen LogP contribution >= 0.6 is 0 Å². The Balaban J connectivity index is 1.50. The molecule has 4 rings (SSSR count). The van der Waals surface area contributed by atoms with Gasteiger partial charge in [0, 0.05) is 43.3 Å². The summed E-state index contributed by atoms with van der Waals surface area (Å²) in [5.41, 5.74) is 3.66. The number of amides is 1. The van der Waals surface area contributed by atoms with Crippen LogP contribution in [0.3, 0.4) is 0 Å². The summed E-state index contributed by atoms with van der Waals surface area (Å²) in [6.45, 7) is 1.88. The molecule has 0 bridgehead atoms. The number of hydrogen-bond acceptors (Lipinski definition) is 6. The molecular formula is C23H25N5O3. The number of anilines is 2. The maximum atomic E-state index is 11.7. The van der Waals surface area contributed by atoms with Gasteiger partial charge in [0.2, 0.25) is 5.95 Å². The van der Waals surface area contributed by atoms with Crippen molar-refractivity contribution in [2.24, 2.45) is 0 Å². The van der Waals surface area contributed by atoms with Gasteiger partial charge in [0.05, 0.1) is 13.2 Å². The average Bonchev–Trinajstić information content (AvgIpc) is 2.79. The molecule has 0 saturated carbocycles. The van der Waals surface area contributed by atoms with Crippen LogP contribution in [0.5, 0.6) is 5.75 Å². The first kappa shape index (κ1) is 20.6. The van der Waals surface area contributed by atoms with Gasteiger partial charge in [-0.05, 0) is 42.4 Å². The van der Waals surface area contributed by atoms with Crippen molar-refractivity contribution in [1.82, 2.24) is 19.8 Å². The van der Waals surface area contributed by atoms with E-state index in [9.17, 15) is 9.90 Å². The highest BCUT2D eigenvalue weighted by atomic mass is 16.5. The highest BCUT2D eigenvalue weighted by Gasteiger charge is 2.30. The number of nitrogens with one attached hydrogen (secondary N) is 1. The molecule has 1 atom stereocenters. The van der Waals surface area contributed by atoms with Crippen LogP contribution < -0.4 is 10.1 Å². The van der Waals surface area contributed by atoms with Gasteiger partial charge in [0.15, 0.2) is 0 Å². The molecule has 2 N–H and O–H groups in total. The largest absolute Gasteiger partial charge is 0.497 e. The third-order valence-electron chi connectivity index (χ3n) is 5.43. The molecule has 2 aromatic carbocycles. The molecule has 1 aliphatic heterocycles. The molecule has 8 nitrogen and oxygen atoms in total. The third-order valence-corrected chi connectivity index (χ3v) is 5.43. The Morgan fingerprint density at radius 2 is 1.84 bits per heavy atom. The van der Waals surface area contributed by atoms with Gasteiger partial charge in [-0.25, -0.2) is 14.8 Å². The van der Waals surface area contributed by atoms with E-state index in [-0.39, 0.29) is 6.04 Å². The number of methoxy groups -OCH3 is 1. The number of aromatic nitrogens is 2. The smallest absolute Gasteiger partial charge is 0.407 e. The van der Waals surface area contributed by atoms with E-state index in [2.05, 4.69) is 20.2 Å². The van der Waals surface area contributed by atoms with Crippen molar-refractivity contribution in [3.05, 3.63) is 66.5 Å². The summed E-state index contributed by atoms with van der Waals surface area (Å²) in [7, 11) is 3.64. The predicted octanol–water partition coefficient (Wildman–Crippen LogP) is 3.86. The molecule has 31 heavy (non-hydrogen) atoms. The molecule has 1 fully saturated rings. The van der Waals surface area contributed by atoms with Gasteiger partial charge in [0.1, 0.15) is 5.75 Å². The second-order valence-corrected chi connectivity index (χ2v) is 7.53. The molecule has 1 aromatic heterocycles. The molecule has 0 aliphatic carbocycles. The second kappa shape index (κ2) is 9.01. The lowest BCUT2D eigenvalue weighted by molar-refractivity contribution is 0.0775. The van der Waals surface area contributed by atoms with E-state index in [1.54, 1.807) is 19.5 Å². The van der Waals surface area contributed by atoms with Crippen molar-refractivity contribution in [2.45, 2.75) is 6.04 Å². The van der Waals surface area contributed by atoms with E-state index in [1.807, 2.05) is 55.6 Å². The van der Waals surface area contributed by atoms with Gasteiger partial charge in [-0.15, -0.1) is 0 Å². The molecule has 1 saturated heterocycles. The van der Waals surface area contributed by atoms with Crippen LogP contribution in [0.15, 0.2) is 60.9 Å². The zero-order chi connectivity index (χ0) is 21.8. The van der Waals surface area contributed by atoms with Crippen molar-refractivity contribution >= 4 is 17.7 Å². The number of carbonyl (C=O) groups is 1. The SMILES string of the molecule is COc1ccc(-c2cnc(Nc3cccc(C4CN(C)CCN4C(=O)O)c3)nc2)cc1. The first-order chi connectivity index (χ1) is 15.0. The summed E-state index contributed by atoms with van der Waals surface area (Å²) in [4.78, 5) is 24.2. The third kappa shape index (κ3) is 4.75. The molecule has 0 spiro atoms. The predicted molar refractivity (Wildman–Crippen MR) is 119 cm³/mol. The maximum Gasteiger partial charge on any atom is 0.407 e. The van der Waals surface area contributed by atoms with Crippen molar-refractivity contribution in [3.63, 3.8) is 0 Å². The lowest BCUT2D eigenvalue weighted by atomic mass is 10.0. The van der Waals surface area contributed by atoms with E-state index in [1.165, 1.54) is 4.90 Å². The van der Waals surface area contributed by atoms with Crippen molar-refractivity contribution in [1.29, 1.82) is 0 Å². The molecule has 160 valence electrons. The standard InChI is InChI=1S/C23H25N5O3/c1-27-10-11-28(23(29)30)21(15-27)17-4-3-5-19(12-17)26-22-24-13-18(14-25-22)16-6-8-20(31-2)9-7-16/h3-9,12-14,21H,10-11,15H2,1-2H3,(H,29,30)(H,24,25,26). The molecule has 8 heteroatoms. The summed E-state index contributed by atoms with van der Waals surface area (Å²) in [5, 5.41) is 12.8. The van der Waals surface area contributed by atoms with Crippen molar-refractivity contribution in [3.8, 4) is 16.9 Å². The van der Waals surface area contributed by atoms with Crippen LogP contribution in [0.4, 0.5) is 16.4 Å². The normalized spacial score (nSPS) is 16.7. The summed E-state index contributed by atoms with van der Waals surface area (Å²) in [6, 6.07) is 15.3. The minimum atomic E-state index is -0.895. The van der Waals surface area contributed by atoms with E-state index in [0.717, 1.165) is 34.7 Å². The second-order valence-electron chi connectivity index (χ2n) is 7.53. The van der Waals surface area contributed by atoms with Crippen LogP contribution in [0.2, 0.25) is 0 Å². The van der Waals surface area contributed by atoms with Gasteiger partial charge in [-0.2, -0.15) is 0 Å². The number of ether oxygens (including phenoxy) is 1. The van der Waals surface area contributed by atoms with Gasteiger partial charge >= 0.3 is 6.09 Å². The average molecular weight is 419 g/mol. The zero-order valence-electron chi connectivity index (χ0n) is 17.5. The molecule has 1 amide bonds. The Morgan fingerprint density at radius 3 is 2.52 bits per heavy atom. The quantitative estimate of drug-likeness (QED) is 0.649. The Morgan fingerprint density at radius 1 is 1.10 bits per heavy atom. The van der Waals surface area contributed by atoms with E-state index < -0.39 is 6.09 Å². The van der Waals surface area contributed by atoms with Crippen LogP contribution in [0.1, 0.15) is 11.6 Å². The van der Waals surface area contributed by atoms with Crippen LogP contribution in [0.25, 0.3) is 11.1 Å². The number of hydrogen-bond donors (Lipinski definition) is 2. The monoisotopic (exact) mass is 419 g/mol. The summed E-state index contributed by atoms with van der Waals surface area (Å²) < 4.78 is 5.19. The fraction of sp³-hybridized carbons (Fsp3) is 0.261. The van der Waals surface area contributed by atoms with Crippen LogP contribution in [0, 0.1) is 0 Å². The Kier molecular flexibility index (Phi) is 5.99. The summed E-state index contributed by atoms with van der Waals surface area (Å²) in [6.07, 6.45) is 2.64. The Labute approximate surface area is 181 Å². The van der Waals surface area contributed by atoms with Crippen molar-refractivity contribution in [2.75, 3.05) is 39.1 Å². The van der Waals surface area contributed by atoms with E-state index in [4.69, 9.17) is 4.74 Å². The van der Waals surface area contributed by atoms with E-state index >= 15 is 0 Å². The minimum Gasteiger partial charge on any atom is -0.497 e. The highest BCUT2D eigenvalue weighted by molar-refractivity contribution is 5.67. The first-order valence-corrected chi connectivity index (χ1v) is 10.0. The molecule has 3 aromatic rings. The number of likely N-dealkylation sites (N-methyl/N-ethyl adjacent to an activating group) is 1. The lowest BCUT2D eigenvalue weighted by Crippen LogP contribution is -2.48. The number of carboxylic acid groups (broad SMARTS) is 1. The van der Waals surface area contributed by atoms with Gasteiger partial charge in [-0.3, -0.25) is 4.90 Å².